The maximum absolute atomic E-state index is 11.2. The molecule has 1 saturated carbocycles. The molecule has 3 heteroatoms. The van der Waals surface area contributed by atoms with Crippen molar-refractivity contribution in [2.45, 2.75) is 12.5 Å². The second-order valence-electron chi connectivity index (χ2n) is 4.81. The minimum atomic E-state index is -0.357. The maximum atomic E-state index is 11.2. The van der Waals surface area contributed by atoms with E-state index >= 15 is 0 Å². The van der Waals surface area contributed by atoms with E-state index < -0.39 is 0 Å². The van der Waals surface area contributed by atoms with Crippen LogP contribution >= 0.6 is 0 Å². The van der Waals surface area contributed by atoms with Gasteiger partial charge in [-0.15, -0.1) is 0 Å². The van der Waals surface area contributed by atoms with Gasteiger partial charge in [0.05, 0.1) is 6.04 Å². The first-order valence-corrected chi connectivity index (χ1v) is 5.86. The third-order valence-electron chi connectivity index (χ3n) is 3.84. The summed E-state index contributed by atoms with van der Waals surface area (Å²) in [6, 6.07) is 6.41. The smallest absolute Gasteiger partial charge is 0.248 e. The van der Waals surface area contributed by atoms with Crippen molar-refractivity contribution >= 4 is 17.2 Å². The molecular formula is C14H12N2O. The van der Waals surface area contributed by atoms with Crippen molar-refractivity contribution in [2.24, 2.45) is 5.73 Å². The van der Waals surface area contributed by atoms with E-state index in [0.717, 1.165) is 13.0 Å². The number of nitrogens with zero attached hydrogens (tertiary/aromatic N) is 1. The van der Waals surface area contributed by atoms with E-state index in [1.807, 2.05) is 18.2 Å². The molecular weight excluding hydrogens is 212 g/mol. The van der Waals surface area contributed by atoms with Crippen LogP contribution in [-0.2, 0) is 0 Å². The summed E-state index contributed by atoms with van der Waals surface area (Å²) in [6.07, 6.45) is 5.49. The summed E-state index contributed by atoms with van der Waals surface area (Å²) < 4.78 is 0. The Morgan fingerprint density at radius 3 is 3.06 bits per heavy atom. The molecule has 0 spiro atoms. The third kappa shape index (κ3) is 1.08. The molecule has 4 rings (SSSR count). The first-order chi connectivity index (χ1) is 8.25. The van der Waals surface area contributed by atoms with Gasteiger partial charge in [-0.25, -0.2) is 0 Å². The zero-order valence-corrected chi connectivity index (χ0v) is 9.31. The molecule has 1 aromatic carbocycles. The molecule has 0 saturated heterocycles. The van der Waals surface area contributed by atoms with E-state index in [-0.39, 0.29) is 5.91 Å². The number of benzene rings is 1. The number of amides is 1. The van der Waals surface area contributed by atoms with Crippen molar-refractivity contribution in [3.63, 3.8) is 0 Å². The zero-order valence-electron chi connectivity index (χ0n) is 9.31. The average molecular weight is 224 g/mol. The highest BCUT2D eigenvalue weighted by Gasteiger charge is 2.40. The van der Waals surface area contributed by atoms with Crippen molar-refractivity contribution in [3.05, 3.63) is 46.4 Å². The number of primary amides is 1. The molecule has 1 aromatic rings. The predicted molar refractivity (Wildman–Crippen MR) is 65.3 cm³/mol. The van der Waals surface area contributed by atoms with Crippen molar-refractivity contribution < 1.29 is 4.79 Å². The molecule has 3 aliphatic rings. The number of rotatable bonds is 1. The van der Waals surface area contributed by atoms with E-state index in [4.69, 9.17) is 5.73 Å². The Balaban J connectivity index is 2.12. The highest BCUT2D eigenvalue weighted by molar-refractivity contribution is 5.93. The van der Waals surface area contributed by atoms with Gasteiger partial charge in [0.1, 0.15) is 0 Å². The summed E-state index contributed by atoms with van der Waals surface area (Å²) in [7, 11) is 0. The van der Waals surface area contributed by atoms with Crippen LogP contribution in [0.3, 0.4) is 0 Å². The SMILES string of the molecule is NC(=O)c1ccc2c(c1)=C1C=CCN1C1CC=21. The molecule has 1 fully saturated rings. The Morgan fingerprint density at radius 2 is 2.24 bits per heavy atom. The monoisotopic (exact) mass is 224 g/mol. The number of hydrogen-bond acceptors (Lipinski definition) is 2. The molecule has 0 bridgehead atoms. The van der Waals surface area contributed by atoms with E-state index in [9.17, 15) is 4.79 Å². The molecule has 1 unspecified atom stereocenters. The summed E-state index contributed by atoms with van der Waals surface area (Å²) >= 11 is 0. The summed E-state index contributed by atoms with van der Waals surface area (Å²) in [5, 5.41) is 2.47. The molecule has 1 amide bonds. The number of hydrogen-bond donors (Lipinski definition) is 1. The Hall–Kier alpha value is -2.03. The van der Waals surface area contributed by atoms with Crippen LogP contribution < -0.4 is 16.2 Å². The molecule has 0 radical (unpaired) electrons. The first-order valence-electron chi connectivity index (χ1n) is 5.86. The Kier molecular flexibility index (Phi) is 1.49. The Morgan fingerprint density at radius 1 is 1.35 bits per heavy atom. The average Bonchev–Trinajstić information content (AvgIpc) is 2.98. The van der Waals surface area contributed by atoms with Crippen LogP contribution in [0.4, 0.5) is 0 Å². The van der Waals surface area contributed by atoms with Gasteiger partial charge in [-0.1, -0.05) is 12.1 Å². The number of carbonyl (C=O) groups is 1. The number of carbonyl (C=O) groups excluding carboxylic acids is 1. The van der Waals surface area contributed by atoms with Gasteiger partial charge in [0.15, 0.2) is 0 Å². The van der Waals surface area contributed by atoms with Crippen LogP contribution in [0, 0.1) is 0 Å². The largest absolute Gasteiger partial charge is 0.366 e. The van der Waals surface area contributed by atoms with Gasteiger partial charge in [0, 0.05) is 23.0 Å². The van der Waals surface area contributed by atoms with Crippen LogP contribution in [-0.4, -0.2) is 23.4 Å². The second-order valence-corrected chi connectivity index (χ2v) is 4.81. The molecule has 2 N–H and O–H groups in total. The van der Waals surface area contributed by atoms with Gasteiger partial charge < -0.3 is 10.6 Å². The molecule has 17 heavy (non-hydrogen) atoms. The quantitative estimate of drug-likeness (QED) is 0.712. The molecule has 2 heterocycles. The van der Waals surface area contributed by atoms with Crippen LogP contribution in [0.15, 0.2) is 30.4 Å². The van der Waals surface area contributed by atoms with Gasteiger partial charge in [-0.2, -0.15) is 0 Å². The van der Waals surface area contributed by atoms with E-state index in [2.05, 4.69) is 17.1 Å². The van der Waals surface area contributed by atoms with Gasteiger partial charge in [-0.05, 0) is 35.4 Å². The summed E-state index contributed by atoms with van der Waals surface area (Å²) in [6.45, 7) is 0.990. The fraction of sp³-hybridized carbons (Fsp3) is 0.214. The number of nitrogens with two attached hydrogens (primary N) is 1. The molecule has 2 aliphatic heterocycles. The van der Waals surface area contributed by atoms with E-state index in [1.165, 1.54) is 21.7 Å². The minimum absolute atomic E-state index is 0.357. The fourth-order valence-electron chi connectivity index (χ4n) is 2.94. The van der Waals surface area contributed by atoms with E-state index in [1.54, 1.807) is 0 Å². The first kappa shape index (κ1) is 9.05. The standard InChI is InChI=1S/C14H12N2O/c15-14(17)8-3-4-9-10(6-8)12-2-1-5-16(12)13-7-11(9)13/h1-4,6,13H,5,7H2,(H2,15,17). The van der Waals surface area contributed by atoms with E-state index in [0.29, 0.717) is 11.6 Å². The van der Waals surface area contributed by atoms with Crippen LogP contribution in [0.1, 0.15) is 16.8 Å². The lowest BCUT2D eigenvalue weighted by Gasteiger charge is -2.22. The second kappa shape index (κ2) is 2.80. The van der Waals surface area contributed by atoms with Gasteiger partial charge in [0.25, 0.3) is 0 Å². The van der Waals surface area contributed by atoms with Crippen molar-refractivity contribution in [3.8, 4) is 0 Å². The van der Waals surface area contributed by atoms with Crippen molar-refractivity contribution in [1.82, 2.24) is 4.90 Å². The maximum Gasteiger partial charge on any atom is 0.248 e. The molecule has 0 aromatic heterocycles. The minimum Gasteiger partial charge on any atom is -0.366 e. The number of fused-ring (bicyclic) bond motifs is 4. The molecule has 3 nitrogen and oxygen atoms in total. The predicted octanol–water partition coefficient (Wildman–Crippen LogP) is -0.298. The lowest BCUT2D eigenvalue weighted by Crippen LogP contribution is -2.38. The zero-order chi connectivity index (χ0) is 11.6. The molecule has 1 aliphatic carbocycles. The van der Waals surface area contributed by atoms with Gasteiger partial charge in [0.2, 0.25) is 5.91 Å². The van der Waals surface area contributed by atoms with Crippen LogP contribution in [0.5, 0.6) is 0 Å². The van der Waals surface area contributed by atoms with Gasteiger partial charge >= 0.3 is 0 Å². The van der Waals surface area contributed by atoms with Gasteiger partial charge in [-0.3, -0.25) is 4.79 Å². The summed E-state index contributed by atoms with van der Waals surface area (Å²) in [5.74, 6) is -0.357. The molecule has 1 atom stereocenters. The Labute approximate surface area is 98.5 Å². The highest BCUT2D eigenvalue weighted by Crippen LogP contribution is 2.40. The summed E-state index contributed by atoms with van der Waals surface area (Å²) in [5.41, 5.74) is 8.68. The highest BCUT2D eigenvalue weighted by atomic mass is 16.1. The molecule has 84 valence electrons. The normalized spacial score (nSPS) is 23.3. The summed E-state index contributed by atoms with van der Waals surface area (Å²) in [4.78, 5) is 13.7. The van der Waals surface area contributed by atoms with Crippen molar-refractivity contribution in [1.29, 1.82) is 0 Å². The Bertz CT molecular complexity index is 699. The fourth-order valence-corrected chi connectivity index (χ4v) is 2.94. The lowest BCUT2D eigenvalue weighted by molar-refractivity contribution is 0.1000. The van der Waals surface area contributed by atoms with Crippen LogP contribution in [0.2, 0.25) is 0 Å². The third-order valence-corrected chi connectivity index (χ3v) is 3.84. The lowest BCUT2D eigenvalue weighted by atomic mass is 10.1. The van der Waals surface area contributed by atoms with Crippen LogP contribution in [0.25, 0.3) is 11.3 Å². The van der Waals surface area contributed by atoms with Crippen molar-refractivity contribution in [2.75, 3.05) is 6.54 Å². The topological polar surface area (TPSA) is 46.3 Å².